The molecular formula is C24H22N2O4. The summed E-state index contributed by atoms with van der Waals surface area (Å²) >= 11 is 0. The molecule has 0 saturated heterocycles. The van der Waals surface area contributed by atoms with Gasteiger partial charge >= 0.3 is 6.09 Å². The Balaban J connectivity index is 1.43. The number of carbonyl (C=O) groups is 2. The number of phenolic OH excluding ortho intramolecular Hbond substituents is 1. The number of primary amides is 1. The van der Waals surface area contributed by atoms with Gasteiger partial charge in [0.25, 0.3) is 0 Å². The highest BCUT2D eigenvalue weighted by molar-refractivity contribution is 5.84. The molecule has 1 atom stereocenters. The Morgan fingerprint density at radius 1 is 0.933 bits per heavy atom. The molecule has 1 aliphatic carbocycles. The highest BCUT2D eigenvalue weighted by Gasteiger charge is 2.29. The number of aromatic hydroxyl groups is 1. The summed E-state index contributed by atoms with van der Waals surface area (Å²) in [5.41, 5.74) is 10.7. The zero-order valence-electron chi connectivity index (χ0n) is 16.2. The van der Waals surface area contributed by atoms with Crippen molar-refractivity contribution in [2.75, 3.05) is 6.61 Å². The Morgan fingerprint density at radius 3 is 2.07 bits per heavy atom. The highest BCUT2D eigenvalue weighted by Crippen LogP contribution is 2.44. The number of benzene rings is 3. The van der Waals surface area contributed by atoms with Crippen LogP contribution in [-0.4, -0.2) is 29.8 Å². The number of fused-ring (bicyclic) bond motifs is 3. The second-order valence-corrected chi connectivity index (χ2v) is 7.30. The lowest BCUT2D eigenvalue weighted by Crippen LogP contribution is -2.46. The molecule has 3 aromatic rings. The number of amides is 2. The number of nitrogens with two attached hydrogens (primary N) is 1. The number of alkyl carbamates (subject to hydrolysis) is 1. The minimum atomic E-state index is -0.912. The summed E-state index contributed by atoms with van der Waals surface area (Å²) in [6, 6.07) is 21.6. The monoisotopic (exact) mass is 402 g/mol. The SMILES string of the molecule is NC(=O)[C@H](Cc1ccc(O)cc1)NC(=O)OCC1c2ccccc2-c2ccccc21. The average molecular weight is 402 g/mol. The predicted molar refractivity (Wildman–Crippen MR) is 113 cm³/mol. The Labute approximate surface area is 174 Å². The third-order valence-electron chi connectivity index (χ3n) is 5.36. The second-order valence-electron chi connectivity index (χ2n) is 7.30. The lowest BCUT2D eigenvalue weighted by molar-refractivity contribution is -0.119. The van der Waals surface area contributed by atoms with Crippen LogP contribution >= 0.6 is 0 Å². The van der Waals surface area contributed by atoms with E-state index in [1.807, 2.05) is 36.4 Å². The largest absolute Gasteiger partial charge is 0.508 e. The van der Waals surface area contributed by atoms with Crippen molar-refractivity contribution < 1.29 is 19.4 Å². The van der Waals surface area contributed by atoms with E-state index < -0.39 is 18.0 Å². The van der Waals surface area contributed by atoms with Gasteiger partial charge in [-0.1, -0.05) is 60.7 Å². The van der Waals surface area contributed by atoms with Crippen molar-refractivity contribution in [2.45, 2.75) is 18.4 Å². The molecule has 0 fully saturated rings. The van der Waals surface area contributed by atoms with Crippen LogP contribution in [0.3, 0.4) is 0 Å². The smallest absolute Gasteiger partial charge is 0.407 e. The summed E-state index contributed by atoms with van der Waals surface area (Å²) in [5.74, 6) is -0.595. The molecule has 6 nitrogen and oxygen atoms in total. The molecule has 0 bridgehead atoms. The van der Waals surface area contributed by atoms with Crippen molar-refractivity contribution in [3.63, 3.8) is 0 Å². The zero-order chi connectivity index (χ0) is 21.1. The molecule has 0 spiro atoms. The third kappa shape index (κ3) is 3.98. The summed E-state index contributed by atoms with van der Waals surface area (Å²) in [6.45, 7) is 0.157. The van der Waals surface area contributed by atoms with Crippen LogP contribution in [0.15, 0.2) is 72.8 Å². The van der Waals surface area contributed by atoms with Gasteiger partial charge in [0.05, 0.1) is 0 Å². The van der Waals surface area contributed by atoms with Gasteiger partial charge in [0.1, 0.15) is 18.4 Å². The summed E-state index contributed by atoms with van der Waals surface area (Å²) in [4.78, 5) is 24.2. The van der Waals surface area contributed by atoms with Crippen molar-refractivity contribution in [3.8, 4) is 16.9 Å². The molecular weight excluding hydrogens is 380 g/mol. The fourth-order valence-corrected chi connectivity index (χ4v) is 3.87. The van der Waals surface area contributed by atoms with Crippen molar-refractivity contribution in [2.24, 2.45) is 5.73 Å². The molecule has 152 valence electrons. The summed E-state index contributed by atoms with van der Waals surface area (Å²) in [5, 5.41) is 11.9. The van der Waals surface area contributed by atoms with Gasteiger partial charge in [-0.2, -0.15) is 0 Å². The third-order valence-corrected chi connectivity index (χ3v) is 5.36. The summed E-state index contributed by atoms with van der Waals surface area (Å²) in [7, 11) is 0. The van der Waals surface area contributed by atoms with Gasteiger partial charge in [0.2, 0.25) is 5.91 Å². The molecule has 2 amide bonds. The molecule has 0 saturated carbocycles. The van der Waals surface area contributed by atoms with Gasteiger partial charge in [-0.05, 0) is 39.9 Å². The minimum Gasteiger partial charge on any atom is -0.508 e. The number of phenols is 1. The van der Waals surface area contributed by atoms with Crippen LogP contribution in [0.25, 0.3) is 11.1 Å². The second kappa shape index (κ2) is 8.29. The van der Waals surface area contributed by atoms with E-state index in [-0.39, 0.29) is 24.7 Å². The van der Waals surface area contributed by atoms with E-state index >= 15 is 0 Å². The van der Waals surface area contributed by atoms with Crippen LogP contribution in [-0.2, 0) is 16.0 Å². The first kappa shape index (κ1) is 19.5. The van der Waals surface area contributed by atoms with Crippen LogP contribution in [0.4, 0.5) is 4.79 Å². The Hall–Kier alpha value is -3.80. The number of hydrogen-bond donors (Lipinski definition) is 3. The highest BCUT2D eigenvalue weighted by atomic mass is 16.5. The van der Waals surface area contributed by atoms with E-state index in [0.717, 1.165) is 27.8 Å². The van der Waals surface area contributed by atoms with Crippen LogP contribution < -0.4 is 11.1 Å². The molecule has 6 heteroatoms. The normalized spacial score (nSPS) is 13.2. The molecule has 0 radical (unpaired) electrons. The maximum absolute atomic E-state index is 12.4. The number of ether oxygens (including phenoxy) is 1. The lowest BCUT2D eigenvalue weighted by Gasteiger charge is -2.18. The summed E-state index contributed by atoms with van der Waals surface area (Å²) in [6.07, 6.45) is -0.487. The molecule has 4 rings (SSSR count). The van der Waals surface area contributed by atoms with Gasteiger partial charge in [0.15, 0.2) is 0 Å². The van der Waals surface area contributed by atoms with Crippen molar-refractivity contribution >= 4 is 12.0 Å². The van der Waals surface area contributed by atoms with Gasteiger partial charge in [-0.15, -0.1) is 0 Å². The van der Waals surface area contributed by atoms with Gasteiger partial charge < -0.3 is 20.9 Å². The standard InChI is InChI=1S/C24H22N2O4/c25-23(28)22(13-15-9-11-16(27)12-10-15)26-24(29)30-14-21-19-7-3-1-5-17(19)18-6-2-4-8-20(18)21/h1-12,21-22,27H,13-14H2,(H2,25,28)(H,26,29)/t22-/m0/s1. The van der Waals surface area contributed by atoms with Crippen molar-refractivity contribution in [1.29, 1.82) is 0 Å². The van der Waals surface area contributed by atoms with Crippen molar-refractivity contribution in [1.82, 2.24) is 5.32 Å². The fraction of sp³-hybridized carbons (Fsp3) is 0.167. The maximum atomic E-state index is 12.4. The maximum Gasteiger partial charge on any atom is 0.407 e. The lowest BCUT2D eigenvalue weighted by atomic mass is 9.98. The van der Waals surface area contributed by atoms with Crippen LogP contribution in [0.5, 0.6) is 5.75 Å². The summed E-state index contributed by atoms with van der Waals surface area (Å²) < 4.78 is 5.48. The van der Waals surface area contributed by atoms with E-state index in [1.54, 1.807) is 12.1 Å². The topological polar surface area (TPSA) is 102 Å². The van der Waals surface area contributed by atoms with Crippen LogP contribution in [0, 0.1) is 0 Å². The first-order valence-corrected chi connectivity index (χ1v) is 9.71. The van der Waals surface area contributed by atoms with Crippen LogP contribution in [0.1, 0.15) is 22.6 Å². The van der Waals surface area contributed by atoms with E-state index in [1.165, 1.54) is 12.1 Å². The van der Waals surface area contributed by atoms with E-state index in [9.17, 15) is 14.7 Å². The Kier molecular flexibility index (Phi) is 5.39. The zero-order valence-corrected chi connectivity index (χ0v) is 16.2. The predicted octanol–water partition coefficient (Wildman–Crippen LogP) is 3.33. The Morgan fingerprint density at radius 2 is 1.50 bits per heavy atom. The number of nitrogens with one attached hydrogen (secondary N) is 1. The van der Waals surface area contributed by atoms with Gasteiger partial charge in [-0.3, -0.25) is 4.79 Å². The molecule has 4 N–H and O–H groups in total. The van der Waals surface area contributed by atoms with E-state index in [4.69, 9.17) is 10.5 Å². The minimum absolute atomic E-state index is 0.0627. The molecule has 0 aromatic heterocycles. The van der Waals surface area contributed by atoms with E-state index in [0.29, 0.717) is 0 Å². The van der Waals surface area contributed by atoms with E-state index in [2.05, 4.69) is 17.4 Å². The first-order chi connectivity index (χ1) is 14.5. The molecule has 0 aliphatic heterocycles. The molecule has 1 aliphatic rings. The van der Waals surface area contributed by atoms with Gasteiger partial charge in [0, 0.05) is 12.3 Å². The molecule has 30 heavy (non-hydrogen) atoms. The quantitative estimate of drug-likeness (QED) is 0.589. The molecule has 3 aromatic carbocycles. The number of hydrogen-bond acceptors (Lipinski definition) is 4. The fourth-order valence-electron chi connectivity index (χ4n) is 3.87. The van der Waals surface area contributed by atoms with Crippen molar-refractivity contribution in [3.05, 3.63) is 89.5 Å². The van der Waals surface area contributed by atoms with Crippen LogP contribution in [0.2, 0.25) is 0 Å². The first-order valence-electron chi connectivity index (χ1n) is 9.71. The van der Waals surface area contributed by atoms with Gasteiger partial charge in [-0.25, -0.2) is 4.79 Å². The number of rotatable bonds is 6. The molecule has 0 unspecified atom stereocenters. The molecule has 0 heterocycles. The Bertz CT molecular complexity index is 1030. The average Bonchev–Trinajstić information content (AvgIpc) is 3.07. The number of carbonyl (C=O) groups excluding carboxylic acids is 2.